The highest BCUT2D eigenvalue weighted by atomic mass is 35.5. The van der Waals surface area contributed by atoms with Crippen LogP contribution in [0.1, 0.15) is 29.3 Å². The Kier molecular flexibility index (Phi) is 9.76. The Labute approximate surface area is 223 Å². The molecule has 0 spiro atoms. The van der Waals surface area contributed by atoms with E-state index in [1.165, 1.54) is 31.4 Å². The molecule has 194 valence electrons. The number of halogens is 1. The van der Waals surface area contributed by atoms with Gasteiger partial charge in [0.1, 0.15) is 13.2 Å². The molecule has 0 aliphatic carbocycles. The van der Waals surface area contributed by atoms with Crippen molar-refractivity contribution in [3.63, 3.8) is 0 Å². The van der Waals surface area contributed by atoms with E-state index in [-0.39, 0.29) is 27.8 Å². The number of ether oxygens (including phenoxy) is 3. The molecule has 2 aromatic carbocycles. The first-order valence-corrected chi connectivity index (χ1v) is 12.4. The van der Waals surface area contributed by atoms with Crippen LogP contribution in [0.2, 0.25) is 5.02 Å². The molecule has 0 saturated carbocycles. The summed E-state index contributed by atoms with van der Waals surface area (Å²) in [6.07, 6.45) is 3.79. The van der Waals surface area contributed by atoms with Crippen molar-refractivity contribution in [2.45, 2.75) is 13.3 Å². The van der Waals surface area contributed by atoms with E-state index in [0.717, 1.165) is 16.7 Å². The maximum Gasteiger partial charge on any atom is 0.339 e. The standard InChI is InChI=1S/C26H25ClN2O7S/c1-4-10-35-20-9-6-16(12-21(20)34-3)13-22-24(31)29(26(33)37-22)15-23(30)28-17-7-8-19(27)18(14-17)25(32)36-11-5-2/h4,6-9,12-14H,1,5,10-11,15H2,2-3H3,(H,28,30)/b22-13+. The largest absolute Gasteiger partial charge is 0.493 e. The van der Waals surface area contributed by atoms with Crippen molar-refractivity contribution in [2.75, 3.05) is 32.2 Å². The van der Waals surface area contributed by atoms with E-state index in [2.05, 4.69) is 11.9 Å². The predicted molar refractivity (Wildman–Crippen MR) is 142 cm³/mol. The smallest absolute Gasteiger partial charge is 0.339 e. The minimum atomic E-state index is -0.621. The summed E-state index contributed by atoms with van der Waals surface area (Å²) in [5, 5.41) is 2.17. The van der Waals surface area contributed by atoms with Crippen molar-refractivity contribution in [3.8, 4) is 11.5 Å². The van der Waals surface area contributed by atoms with Gasteiger partial charge in [0.25, 0.3) is 11.1 Å². The van der Waals surface area contributed by atoms with Gasteiger partial charge < -0.3 is 19.5 Å². The molecule has 0 atom stereocenters. The molecule has 1 aliphatic rings. The fourth-order valence-corrected chi connectivity index (χ4v) is 4.24. The number of carbonyl (C=O) groups excluding carboxylic acids is 4. The second-order valence-electron chi connectivity index (χ2n) is 7.66. The third-order valence-corrected chi connectivity index (χ3v) is 6.16. The van der Waals surface area contributed by atoms with Gasteiger partial charge in [-0.3, -0.25) is 19.3 Å². The van der Waals surface area contributed by atoms with Crippen molar-refractivity contribution < 1.29 is 33.4 Å². The summed E-state index contributed by atoms with van der Waals surface area (Å²) in [7, 11) is 1.49. The van der Waals surface area contributed by atoms with Crippen LogP contribution in [0.5, 0.6) is 11.5 Å². The monoisotopic (exact) mass is 544 g/mol. The molecule has 2 aromatic rings. The summed E-state index contributed by atoms with van der Waals surface area (Å²) < 4.78 is 15.9. The molecule has 1 heterocycles. The lowest BCUT2D eigenvalue weighted by Gasteiger charge is -2.13. The van der Waals surface area contributed by atoms with Gasteiger partial charge in [0.2, 0.25) is 5.91 Å². The van der Waals surface area contributed by atoms with E-state index in [9.17, 15) is 19.2 Å². The van der Waals surface area contributed by atoms with Crippen LogP contribution in [-0.2, 0) is 14.3 Å². The summed E-state index contributed by atoms with van der Waals surface area (Å²) in [5.74, 6) is -0.875. The van der Waals surface area contributed by atoms with Crippen molar-refractivity contribution in [2.24, 2.45) is 0 Å². The molecule has 0 aromatic heterocycles. The molecule has 11 heteroatoms. The lowest BCUT2D eigenvalue weighted by Crippen LogP contribution is -2.36. The minimum absolute atomic E-state index is 0.0957. The maximum atomic E-state index is 12.8. The number of hydrogen-bond donors (Lipinski definition) is 1. The highest BCUT2D eigenvalue weighted by Gasteiger charge is 2.36. The first-order chi connectivity index (χ1) is 17.8. The lowest BCUT2D eigenvalue weighted by atomic mass is 10.2. The first-order valence-electron chi connectivity index (χ1n) is 11.2. The maximum absolute atomic E-state index is 12.8. The van der Waals surface area contributed by atoms with E-state index in [1.807, 2.05) is 6.92 Å². The minimum Gasteiger partial charge on any atom is -0.493 e. The molecule has 1 aliphatic heterocycles. The van der Waals surface area contributed by atoms with Crippen LogP contribution in [0, 0.1) is 0 Å². The molecule has 0 bridgehead atoms. The first kappa shape index (κ1) is 27.8. The number of benzene rings is 2. The quantitative estimate of drug-likeness (QED) is 0.235. The Morgan fingerprint density at radius 2 is 1.95 bits per heavy atom. The Hall–Kier alpha value is -3.76. The van der Waals surface area contributed by atoms with Crippen LogP contribution in [-0.4, -0.2) is 54.8 Å². The molecule has 3 rings (SSSR count). The number of methoxy groups -OCH3 is 1. The number of anilines is 1. The van der Waals surface area contributed by atoms with Crippen LogP contribution < -0.4 is 14.8 Å². The number of imide groups is 1. The van der Waals surface area contributed by atoms with Gasteiger partial charge in [0, 0.05) is 5.69 Å². The summed E-state index contributed by atoms with van der Waals surface area (Å²) in [6, 6.07) is 9.39. The molecular weight excluding hydrogens is 520 g/mol. The van der Waals surface area contributed by atoms with E-state index >= 15 is 0 Å². The molecule has 37 heavy (non-hydrogen) atoms. The van der Waals surface area contributed by atoms with Gasteiger partial charge in [-0.15, -0.1) is 0 Å². The third-order valence-electron chi connectivity index (χ3n) is 4.92. The van der Waals surface area contributed by atoms with Crippen molar-refractivity contribution in [1.82, 2.24) is 4.90 Å². The molecule has 1 fully saturated rings. The fraction of sp³-hybridized carbons (Fsp3) is 0.231. The Morgan fingerprint density at radius 1 is 1.16 bits per heavy atom. The van der Waals surface area contributed by atoms with Gasteiger partial charge in [0.15, 0.2) is 11.5 Å². The molecule has 9 nitrogen and oxygen atoms in total. The fourth-order valence-electron chi connectivity index (χ4n) is 3.21. The number of esters is 1. The second kappa shape index (κ2) is 13.0. The van der Waals surface area contributed by atoms with Gasteiger partial charge in [-0.1, -0.05) is 37.2 Å². The third kappa shape index (κ3) is 7.14. The summed E-state index contributed by atoms with van der Waals surface area (Å²) in [5.41, 5.74) is 0.978. The summed E-state index contributed by atoms with van der Waals surface area (Å²) in [4.78, 5) is 51.1. The van der Waals surface area contributed by atoms with Crippen molar-refractivity contribution >= 4 is 58.1 Å². The number of thioether (sulfide) groups is 1. The second-order valence-corrected chi connectivity index (χ2v) is 9.06. The lowest BCUT2D eigenvalue weighted by molar-refractivity contribution is -0.127. The number of nitrogens with one attached hydrogen (secondary N) is 1. The van der Waals surface area contributed by atoms with Crippen LogP contribution in [0.4, 0.5) is 10.5 Å². The van der Waals surface area contributed by atoms with Gasteiger partial charge >= 0.3 is 5.97 Å². The van der Waals surface area contributed by atoms with Gasteiger partial charge in [0.05, 0.1) is 29.2 Å². The normalized spacial score (nSPS) is 14.0. The Morgan fingerprint density at radius 3 is 2.65 bits per heavy atom. The van der Waals surface area contributed by atoms with Gasteiger partial charge in [-0.2, -0.15) is 0 Å². The molecule has 3 amide bonds. The van der Waals surface area contributed by atoms with Crippen molar-refractivity contribution in [3.05, 3.63) is 70.1 Å². The zero-order valence-corrected chi connectivity index (χ0v) is 21.8. The Balaban J connectivity index is 1.69. The molecule has 1 saturated heterocycles. The summed E-state index contributed by atoms with van der Waals surface area (Å²) >= 11 is 6.80. The van der Waals surface area contributed by atoms with E-state index < -0.39 is 29.6 Å². The average Bonchev–Trinajstić information content (AvgIpc) is 3.14. The topological polar surface area (TPSA) is 111 Å². The zero-order valence-electron chi connectivity index (χ0n) is 20.2. The van der Waals surface area contributed by atoms with E-state index in [1.54, 1.807) is 24.3 Å². The number of rotatable bonds is 11. The molecule has 1 N–H and O–H groups in total. The SMILES string of the molecule is C=CCOc1ccc(/C=C2/SC(=O)N(CC(=O)Nc3ccc(Cl)c(C(=O)OCCC)c3)C2=O)cc1OC. The van der Waals surface area contributed by atoms with Crippen LogP contribution >= 0.6 is 23.4 Å². The van der Waals surface area contributed by atoms with Gasteiger partial charge in [-0.05, 0) is 60.2 Å². The molecular formula is C26H25ClN2O7S. The highest BCUT2D eigenvalue weighted by Crippen LogP contribution is 2.34. The highest BCUT2D eigenvalue weighted by molar-refractivity contribution is 8.18. The predicted octanol–water partition coefficient (Wildman–Crippen LogP) is 5.16. The number of hydrogen-bond acceptors (Lipinski definition) is 8. The zero-order chi connectivity index (χ0) is 26.9. The number of nitrogens with zero attached hydrogens (tertiary/aromatic N) is 1. The summed E-state index contributed by atoms with van der Waals surface area (Å²) in [6.45, 7) is 5.50. The number of carbonyl (C=O) groups is 4. The van der Waals surface area contributed by atoms with Gasteiger partial charge in [-0.25, -0.2) is 4.79 Å². The Bertz CT molecular complexity index is 1260. The molecule has 0 radical (unpaired) electrons. The number of amides is 3. The van der Waals surface area contributed by atoms with E-state index in [0.29, 0.717) is 30.1 Å². The molecule has 0 unspecified atom stereocenters. The van der Waals surface area contributed by atoms with Crippen molar-refractivity contribution in [1.29, 1.82) is 0 Å². The van der Waals surface area contributed by atoms with Crippen LogP contribution in [0.3, 0.4) is 0 Å². The average molecular weight is 545 g/mol. The van der Waals surface area contributed by atoms with Crippen LogP contribution in [0.25, 0.3) is 6.08 Å². The van der Waals surface area contributed by atoms with E-state index in [4.69, 9.17) is 25.8 Å². The van der Waals surface area contributed by atoms with Crippen LogP contribution in [0.15, 0.2) is 54.0 Å².